The Morgan fingerprint density at radius 2 is 2.14 bits per heavy atom. The number of carboxylic acid groups (broad SMARTS) is 1. The Kier molecular flexibility index (Phi) is 6.75. The highest BCUT2D eigenvalue weighted by atomic mass is 16.5. The third-order valence-electron chi connectivity index (χ3n) is 2.99. The maximum absolute atomic E-state index is 11.7. The standard InChI is InChI=1S/C15H18N2O4/c1-2-11(7-15(19)20)9-17-14(18)10-21-13-6-4-3-5-12(13)8-16/h3-6,11H,2,7,9-10H2,1H3,(H,17,18)(H,19,20). The number of nitriles is 1. The van der Waals surface area contributed by atoms with Crippen LogP contribution in [0.3, 0.4) is 0 Å². The van der Waals surface area contributed by atoms with Crippen LogP contribution in [0.4, 0.5) is 0 Å². The van der Waals surface area contributed by atoms with Gasteiger partial charge in [0.1, 0.15) is 11.8 Å². The molecule has 21 heavy (non-hydrogen) atoms. The zero-order chi connectivity index (χ0) is 15.7. The highest BCUT2D eigenvalue weighted by molar-refractivity contribution is 5.77. The molecule has 112 valence electrons. The Morgan fingerprint density at radius 1 is 1.43 bits per heavy atom. The Hall–Kier alpha value is -2.55. The number of rotatable bonds is 8. The number of hydrogen-bond donors (Lipinski definition) is 2. The van der Waals surface area contributed by atoms with Gasteiger partial charge in [-0.1, -0.05) is 25.5 Å². The number of nitrogens with one attached hydrogen (secondary N) is 1. The zero-order valence-corrected chi connectivity index (χ0v) is 11.8. The lowest BCUT2D eigenvalue weighted by Crippen LogP contribution is -2.33. The normalized spacial score (nSPS) is 11.2. The van der Waals surface area contributed by atoms with Gasteiger partial charge in [-0.05, 0) is 18.1 Å². The summed E-state index contributed by atoms with van der Waals surface area (Å²) in [5, 5.41) is 20.2. The highest BCUT2D eigenvalue weighted by Gasteiger charge is 2.13. The van der Waals surface area contributed by atoms with E-state index in [1.54, 1.807) is 24.3 Å². The fourth-order valence-electron chi connectivity index (χ4n) is 1.75. The number of carbonyl (C=O) groups is 2. The molecule has 0 aliphatic carbocycles. The molecule has 0 saturated heterocycles. The van der Waals surface area contributed by atoms with Gasteiger partial charge in [0.05, 0.1) is 5.56 Å². The summed E-state index contributed by atoms with van der Waals surface area (Å²) in [7, 11) is 0. The number of amides is 1. The maximum Gasteiger partial charge on any atom is 0.303 e. The first-order valence-electron chi connectivity index (χ1n) is 6.67. The Labute approximate surface area is 123 Å². The lowest BCUT2D eigenvalue weighted by atomic mass is 10.0. The van der Waals surface area contributed by atoms with Crippen LogP contribution >= 0.6 is 0 Å². The van der Waals surface area contributed by atoms with E-state index in [1.807, 2.05) is 13.0 Å². The molecule has 6 heteroatoms. The third kappa shape index (κ3) is 5.95. The van der Waals surface area contributed by atoms with Crippen molar-refractivity contribution in [2.75, 3.05) is 13.2 Å². The fraction of sp³-hybridized carbons (Fsp3) is 0.400. The summed E-state index contributed by atoms with van der Waals surface area (Å²) in [6.45, 7) is 1.96. The van der Waals surface area contributed by atoms with Gasteiger partial charge < -0.3 is 15.2 Å². The molecule has 1 atom stereocenters. The van der Waals surface area contributed by atoms with E-state index >= 15 is 0 Å². The minimum absolute atomic E-state index is 0.0227. The minimum Gasteiger partial charge on any atom is -0.482 e. The van der Waals surface area contributed by atoms with Crippen LogP contribution in [0.15, 0.2) is 24.3 Å². The number of carbonyl (C=O) groups excluding carboxylic acids is 1. The quantitative estimate of drug-likeness (QED) is 0.756. The molecule has 0 heterocycles. The molecule has 0 saturated carbocycles. The van der Waals surface area contributed by atoms with Gasteiger partial charge in [-0.15, -0.1) is 0 Å². The van der Waals surface area contributed by atoms with Gasteiger partial charge in [0.2, 0.25) is 0 Å². The second kappa shape index (κ2) is 8.59. The van der Waals surface area contributed by atoms with E-state index in [-0.39, 0.29) is 24.9 Å². The molecule has 0 aliphatic heterocycles. The number of aliphatic carboxylic acids is 1. The Morgan fingerprint density at radius 3 is 2.76 bits per heavy atom. The number of carboxylic acids is 1. The molecular weight excluding hydrogens is 272 g/mol. The van der Waals surface area contributed by atoms with E-state index in [4.69, 9.17) is 15.1 Å². The number of hydrogen-bond acceptors (Lipinski definition) is 4. The lowest BCUT2D eigenvalue weighted by molar-refractivity contribution is -0.138. The minimum atomic E-state index is -0.879. The summed E-state index contributed by atoms with van der Waals surface area (Å²) in [6.07, 6.45) is 0.694. The number of para-hydroxylation sites is 1. The van der Waals surface area contributed by atoms with Crippen molar-refractivity contribution in [1.29, 1.82) is 5.26 Å². The Bertz CT molecular complexity index is 537. The van der Waals surface area contributed by atoms with E-state index in [2.05, 4.69) is 5.32 Å². The van der Waals surface area contributed by atoms with Crippen LogP contribution in [-0.4, -0.2) is 30.1 Å². The summed E-state index contributed by atoms with van der Waals surface area (Å²) < 4.78 is 5.29. The molecule has 6 nitrogen and oxygen atoms in total. The van der Waals surface area contributed by atoms with Crippen LogP contribution < -0.4 is 10.1 Å². The molecule has 0 aromatic heterocycles. The molecule has 0 radical (unpaired) electrons. The second-order valence-corrected chi connectivity index (χ2v) is 4.57. The van der Waals surface area contributed by atoms with Crippen molar-refractivity contribution in [3.8, 4) is 11.8 Å². The van der Waals surface area contributed by atoms with Gasteiger partial charge in [-0.25, -0.2) is 0 Å². The topological polar surface area (TPSA) is 99.4 Å². The maximum atomic E-state index is 11.7. The van der Waals surface area contributed by atoms with Crippen molar-refractivity contribution in [2.24, 2.45) is 5.92 Å². The molecule has 0 aliphatic rings. The van der Waals surface area contributed by atoms with Crippen molar-refractivity contribution >= 4 is 11.9 Å². The molecule has 1 amide bonds. The predicted molar refractivity (Wildman–Crippen MR) is 75.7 cm³/mol. The van der Waals surface area contributed by atoms with Crippen molar-refractivity contribution in [3.05, 3.63) is 29.8 Å². The van der Waals surface area contributed by atoms with Crippen molar-refractivity contribution in [1.82, 2.24) is 5.32 Å². The van der Waals surface area contributed by atoms with E-state index < -0.39 is 5.97 Å². The number of ether oxygens (including phenoxy) is 1. The molecule has 2 N–H and O–H groups in total. The van der Waals surface area contributed by atoms with Crippen LogP contribution in [0.1, 0.15) is 25.3 Å². The summed E-state index contributed by atoms with van der Waals surface area (Å²) in [6, 6.07) is 8.63. The van der Waals surface area contributed by atoms with Gasteiger partial charge >= 0.3 is 5.97 Å². The summed E-state index contributed by atoms with van der Waals surface area (Å²) in [4.78, 5) is 22.3. The molecular formula is C15H18N2O4. The molecule has 1 rings (SSSR count). The van der Waals surface area contributed by atoms with E-state index in [0.29, 0.717) is 24.3 Å². The van der Waals surface area contributed by atoms with Crippen molar-refractivity contribution in [3.63, 3.8) is 0 Å². The molecule has 1 aromatic carbocycles. The second-order valence-electron chi connectivity index (χ2n) is 4.57. The highest BCUT2D eigenvalue weighted by Crippen LogP contribution is 2.16. The largest absolute Gasteiger partial charge is 0.482 e. The zero-order valence-electron chi connectivity index (χ0n) is 11.8. The summed E-state index contributed by atoms with van der Waals surface area (Å²) >= 11 is 0. The Balaban J connectivity index is 2.41. The first-order valence-corrected chi connectivity index (χ1v) is 6.67. The lowest BCUT2D eigenvalue weighted by Gasteiger charge is -2.14. The van der Waals surface area contributed by atoms with Gasteiger partial charge in [0.15, 0.2) is 6.61 Å². The van der Waals surface area contributed by atoms with Crippen molar-refractivity contribution < 1.29 is 19.4 Å². The predicted octanol–water partition coefficient (Wildman–Crippen LogP) is 1.55. The first-order chi connectivity index (χ1) is 10.1. The summed E-state index contributed by atoms with van der Waals surface area (Å²) in [5.74, 6) is -0.965. The van der Waals surface area contributed by atoms with Crippen LogP contribution in [0.5, 0.6) is 5.75 Å². The average molecular weight is 290 g/mol. The van der Waals surface area contributed by atoms with Crippen LogP contribution in [0.25, 0.3) is 0 Å². The van der Waals surface area contributed by atoms with Gasteiger partial charge in [-0.2, -0.15) is 5.26 Å². The van der Waals surface area contributed by atoms with Gasteiger partial charge in [0.25, 0.3) is 5.91 Å². The van der Waals surface area contributed by atoms with E-state index in [0.717, 1.165) is 0 Å². The van der Waals surface area contributed by atoms with Gasteiger partial charge in [-0.3, -0.25) is 9.59 Å². The average Bonchev–Trinajstić information content (AvgIpc) is 2.49. The number of nitrogens with zero attached hydrogens (tertiary/aromatic N) is 1. The molecule has 0 fully saturated rings. The van der Waals surface area contributed by atoms with Crippen LogP contribution in [0, 0.1) is 17.2 Å². The summed E-state index contributed by atoms with van der Waals surface area (Å²) in [5.41, 5.74) is 0.364. The molecule has 0 bridgehead atoms. The van der Waals surface area contributed by atoms with Crippen LogP contribution in [0.2, 0.25) is 0 Å². The molecule has 1 unspecified atom stereocenters. The fourth-order valence-corrected chi connectivity index (χ4v) is 1.75. The monoisotopic (exact) mass is 290 g/mol. The number of benzene rings is 1. The molecule has 0 spiro atoms. The van der Waals surface area contributed by atoms with Gasteiger partial charge in [0, 0.05) is 13.0 Å². The van der Waals surface area contributed by atoms with E-state index in [1.165, 1.54) is 0 Å². The SMILES string of the molecule is CCC(CNC(=O)COc1ccccc1C#N)CC(=O)O. The van der Waals surface area contributed by atoms with E-state index in [9.17, 15) is 9.59 Å². The van der Waals surface area contributed by atoms with Crippen molar-refractivity contribution in [2.45, 2.75) is 19.8 Å². The first kappa shape index (κ1) is 16.5. The smallest absolute Gasteiger partial charge is 0.303 e. The third-order valence-corrected chi connectivity index (χ3v) is 2.99. The van der Waals surface area contributed by atoms with Crippen LogP contribution in [-0.2, 0) is 9.59 Å². The molecule has 1 aromatic rings.